The third-order valence-electron chi connectivity index (χ3n) is 4.21. The van der Waals surface area contributed by atoms with Crippen LogP contribution in [0.25, 0.3) is 0 Å². The molecule has 1 saturated heterocycles. The van der Waals surface area contributed by atoms with Crippen molar-refractivity contribution < 1.29 is 17.5 Å². The topological polar surface area (TPSA) is 49.9 Å². The van der Waals surface area contributed by atoms with Gasteiger partial charge in [-0.15, -0.1) is 0 Å². The van der Waals surface area contributed by atoms with Crippen LogP contribution in [0.15, 0.2) is 17.0 Å². The summed E-state index contributed by atoms with van der Waals surface area (Å²) in [6, 6.07) is 2.76. The summed E-state index contributed by atoms with van der Waals surface area (Å²) < 4.78 is 45.7. The van der Waals surface area contributed by atoms with E-state index in [0.29, 0.717) is 12.5 Å². The normalized spacial score (nSPS) is 19.8. The molecule has 0 aliphatic carbocycles. The Bertz CT molecular complexity index is 648. The summed E-state index contributed by atoms with van der Waals surface area (Å²) >= 11 is 0. The summed E-state index contributed by atoms with van der Waals surface area (Å²) in [5.41, 5.74) is 0.0924. The number of benzene rings is 1. The SMILES string of the molecule is COc1ccc(S(=O)(=O)N(C)C[C@H]2CCN(C)C2)c(C)c1F. The number of methoxy groups -OCH3 is 1. The summed E-state index contributed by atoms with van der Waals surface area (Å²) in [5.74, 6) is -0.262. The number of nitrogens with zero attached hydrogens (tertiary/aromatic N) is 2. The van der Waals surface area contributed by atoms with E-state index in [1.807, 2.05) is 7.05 Å². The van der Waals surface area contributed by atoms with Gasteiger partial charge in [0, 0.05) is 25.7 Å². The molecular weight excluding hydrogens is 307 g/mol. The smallest absolute Gasteiger partial charge is 0.243 e. The number of sulfonamides is 1. The number of ether oxygens (including phenoxy) is 1. The Morgan fingerprint density at radius 3 is 2.68 bits per heavy atom. The van der Waals surface area contributed by atoms with Gasteiger partial charge in [0.1, 0.15) is 0 Å². The molecule has 1 aromatic rings. The fourth-order valence-electron chi connectivity index (χ4n) is 2.88. The zero-order valence-corrected chi connectivity index (χ0v) is 14.3. The molecule has 0 aromatic heterocycles. The number of rotatable bonds is 5. The molecule has 0 N–H and O–H groups in total. The van der Waals surface area contributed by atoms with E-state index in [1.54, 1.807) is 7.05 Å². The first-order chi connectivity index (χ1) is 10.3. The molecule has 124 valence electrons. The van der Waals surface area contributed by atoms with Crippen molar-refractivity contribution in [2.24, 2.45) is 5.92 Å². The molecule has 0 unspecified atom stereocenters. The molecule has 22 heavy (non-hydrogen) atoms. The molecular formula is C15H23FN2O3S. The first kappa shape index (κ1) is 17.2. The molecule has 7 heteroatoms. The van der Waals surface area contributed by atoms with Crippen LogP contribution >= 0.6 is 0 Å². The maximum atomic E-state index is 14.1. The van der Waals surface area contributed by atoms with E-state index in [2.05, 4.69) is 4.90 Å². The molecule has 1 atom stereocenters. The lowest BCUT2D eigenvalue weighted by Crippen LogP contribution is -2.33. The molecule has 0 radical (unpaired) electrons. The van der Waals surface area contributed by atoms with Crippen LogP contribution in [0, 0.1) is 18.7 Å². The van der Waals surface area contributed by atoms with Gasteiger partial charge in [-0.25, -0.2) is 17.1 Å². The van der Waals surface area contributed by atoms with Crippen molar-refractivity contribution in [3.05, 3.63) is 23.5 Å². The molecule has 0 spiro atoms. The second-order valence-corrected chi connectivity index (χ2v) is 7.92. The van der Waals surface area contributed by atoms with Crippen molar-refractivity contribution in [1.29, 1.82) is 0 Å². The Hall–Kier alpha value is -1.18. The highest BCUT2D eigenvalue weighted by Crippen LogP contribution is 2.28. The summed E-state index contributed by atoms with van der Waals surface area (Å²) in [6.45, 7) is 3.77. The molecule has 0 saturated carbocycles. The first-order valence-corrected chi connectivity index (χ1v) is 8.69. The van der Waals surface area contributed by atoms with Gasteiger partial charge in [-0.2, -0.15) is 0 Å². The predicted molar refractivity (Wildman–Crippen MR) is 83.1 cm³/mol. The van der Waals surface area contributed by atoms with Gasteiger partial charge in [-0.1, -0.05) is 0 Å². The van der Waals surface area contributed by atoms with Crippen LogP contribution in [0.4, 0.5) is 4.39 Å². The summed E-state index contributed by atoms with van der Waals surface area (Å²) in [7, 11) is 1.23. The quantitative estimate of drug-likeness (QED) is 0.825. The van der Waals surface area contributed by atoms with Gasteiger partial charge in [0.25, 0.3) is 0 Å². The number of hydrogen-bond acceptors (Lipinski definition) is 4. The number of hydrogen-bond donors (Lipinski definition) is 0. The Balaban J connectivity index is 2.24. The van der Waals surface area contributed by atoms with Gasteiger partial charge < -0.3 is 9.64 Å². The molecule has 1 fully saturated rings. The van der Waals surface area contributed by atoms with Gasteiger partial charge in [0.05, 0.1) is 12.0 Å². The summed E-state index contributed by atoms with van der Waals surface area (Å²) in [6.07, 6.45) is 0.978. The molecule has 2 rings (SSSR count). The van der Waals surface area contributed by atoms with E-state index in [0.717, 1.165) is 19.5 Å². The number of halogens is 1. The Morgan fingerprint density at radius 1 is 1.45 bits per heavy atom. The second-order valence-electron chi connectivity index (χ2n) is 5.91. The van der Waals surface area contributed by atoms with Crippen molar-refractivity contribution in [3.63, 3.8) is 0 Å². The third kappa shape index (κ3) is 3.26. The van der Waals surface area contributed by atoms with Crippen LogP contribution in [0.3, 0.4) is 0 Å². The van der Waals surface area contributed by atoms with Gasteiger partial charge >= 0.3 is 0 Å². The fourth-order valence-corrected chi connectivity index (χ4v) is 4.34. The van der Waals surface area contributed by atoms with Crippen molar-refractivity contribution in [3.8, 4) is 5.75 Å². The largest absolute Gasteiger partial charge is 0.494 e. The molecule has 0 bridgehead atoms. The van der Waals surface area contributed by atoms with E-state index in [4.69, 9.17) is 4.74 Å². The monoisotopic (exact) mass is 330 g/mol. The van der Waals surface area contributed by atoms with Gasteiger partial charge in [0.2, 0.25) is 10.0 Å². The Kier molecular flexibility index (Phi) is 5.09. The molecule has 1 heterocycles. The highest BCUT2D eigenvalue weighted by atomic mass is 32.2. The van der Waals surface area contributed by atoms with Crippen molar-refractivity contribution in [1.82, 2.24) is 9.21 Å². The Morgan fingerprint density at radius 2 is 2.14 bits per heavy atom. The van der Waals surface area contributed by atoms with Gasteiger partial charge in [-0.05, 0) is 45.0 Å². The first-order valence-electron chi connectivity index (χ1n) is 7.25. The molecule has 1 aliphatic rings. The zero-order chi connectivity index (χ0) is 16.5. The van der Waals surface area contributed by atoms with Crippen LogP contribution in [0.2, 0.25) is 0 Å². The molecule has 5 nitrogen and oxygen atoms in total. The summed E-state index contributed by atoms with van der Waals surface area (Å²) in [5, 5.41) is 0. The minimum atomic E-state index is -3.70. The van der Waals surface area contributed by atoms with E-state index < -0.39 is 15.8 Å². The van der Waals surface area contributed by atoms with Crippen LogP contribution in [0.5, 0.6) is 5.75 Å². The fraction of sp³-hybridized carbons (Fsp3) is 0.600. The van der Waals surface area contributed by atoms with Crippen molar-refractivity contribution in [2.45, 2.75) is 18.2 Å². The predicted octanol–water partition coefficient (Wildman–Crippen LogP) is 1.71. The summed E-state index contributed by atoms with van der Waals surface area (Å²) in [4.78, 5) is 2.18. The van der Waals surface area contributed by atoms with Gasteiger partial charge in [-0.3, -0.25) is 0 Å². The highest BCUT2D eigenvalue weighted by molar-refractivity contribution is 7.89. The Labute approximate surface area is 131 Å². The molecule has 1 aliphatic heterocycles. The van der Waals surface area contributed by atoms with E-state index in [9.17, 15) is 12.8 Å². The average molecular weight is 330 g/mol. The maximum absolute atomic E-state index is 14.1. The van der Waals surface area contributed by atoms with Gasteiger partial charge in [0.15, 0.2) is 11.6 Å². The third-order valence-corrected chi connectivity index (χ3v) is 6.18. The van der Waals surface area contributed by atoms with Crippen molar-refractivity contribution >= 4 is 10.0 Å². The van der Waals surface area contributed by atoms with Crippen molar-refractivity contribution in [2.75, 3.05) is 40.8 Å². The highest BCUT2D eigenvalue weighted by Gasteiger charge is 2.29. The maximum Gasteiger partial charge on any atom is 0.243 e. The van der Waals surface area contributed by atoms with E-state index in [1.165, 1.54) is 30.5 Å². The lowest BCUT2D eigenvalue weighted by Gasteiger charge is -2.22. The zero-order valence-electron chi connectivity index (χ0n) is 13.5. The van der Waals surface area contributed by atoms with Crippen LogP contribution in [-0.4, -0.2) is 58.5 Å². The standard InChI is InChI=1S/C15H23FN2O3S/c1-11-14(6-5-13(21-4)15(11)16)22(19,20)18(3)10-12-7-8-17(2)9-12/h5-6,12H,7-10H2,1-4H3/t12-/m0/s1. The lowest BCUT2D eigenvalue weighted by atomic mass is 10.1. The lowest BCUT2D eigenvalue weighted by molar-refractivity contribution is 0.356. The van der Waals surface area contributed by atoms with E-state index in [-0.39, 0.29) is 16.2 Å². The van der Waals surface area contributed by atoms with Crippen LogP contribution < -0.4 is 4.74 Å². The van der Waals surface area contributed by atoms with E-state index >= 15 is 0 Å². The molecule has 0 amide bonds. The molecule has 1 aromatic carbocycles. The minimum absolute atomic E-state index is 0.000323. The number of likely N-dealkylation sites (tertiary alicyclic amines) is 1. The minimum Gasteiger partial charge on any atom is -0.494 e. The van der Waals surface area contributed by atoms with Crippen LogP contribution in [0.1, 0.15) is 12.0 Å². The average Bonchev–Trinajstić information content (AvgIpc) is 2.86. The second kappa shape index (κ2) is 6.52. The van der Waals surface area contributed by atoms with Crippen LogP contribution in [-0.2, 0) is 10.0 Å².